The first-order chi connectivity index (χ1) is 7.13. The molecule has 1 unspecified atom stereocenters. The molecule has 0 fully saturated rings. The van der Waals surface area contributed by atoms with Gasteiger partial charge < -0.3 is 15.6 Å². The average molecular weight is 210 g/mol. The molecule has 0 bridgehead atoms. The Labute approximate surface area is 89.9 Å². The molecule has 0 saturated carbocycles. The monoisotopic (exact) mass is 210 g/mol. The van der Waals surface area contributed by atoms with Crippen LogP contribution in [0.4, 0.5) is 11.6 Å². The first kappa shape index (κ1) is 11.7. The number of anilines is 2. The fourth-order valence-corrected chi connectivity index (χ4v) is 0.956. The van der Waals surface area contributed by atoms with Gasteiger partial charge in [0.1, 0.15) is 5.82 Å². The van der Waals surface area contributed by atoms with E-state index in [1.807, 2.05) is 14.1 Å². The van der Waals surface area contributed by atoms with Crippen molar-refractivity contribution in [2.45, 2.75) is 13.0 Å². The van der Waals surface area contributed by atoms with Crippen LogP contribution in [0.15, 0.2) is 12.4 Å². The van der Waals surface area contributed by atoms with E-state index in [0.29, 0.717) is 11.9 Å². The first-order valence-electron chi connectivity index (χ1n) is 4.82. The number of nitrogen functional groups attached to an aromatic ring is 1. The van der Waals surface area contributed by atoms with E-state index >= 15 is 0 Å². The normalized spacial score (nSPS) is 12.6. The fourth-order valence-electron chi connectivity index (χ4n) is 0.956. The van der Waals surface area contributed by atoms with Crippen LogP contribution in [0.25, 0.3) is 0 Å². The molecule has 1 aromatic heterocycles. The van der Waals surface area contributed by atoms with Crippen LogP contribution < -0.4 is 16.6 Å². The lowest BCUT2D eigenvalue weighted by Crippen LogP contribution is -2.31. The van der Waals surface area contributed by atoms with Crippen LogP contribution in [0.3, 0.4) is 0 Å². The Morgan fingerprint density at radius 3 is 2.67 bits per heavy atom. The number of nitrogens with one attached hydrogen (secondary N) is 2. The molecule has 4 N–H and O–H groups in total. The highest BCUT2D eigenvalue weighted by atomic mass is 15.3. The standard InChI is InChI=1S/C9H18N6/c1-7(15(2)3)4-12-8-5-11-6-9(13-8)14-10/h5-7H,4,10H2,1-3H3,(H2,12,13,14). The van der Waals surface area contributed by atoms with E-state index in [9.17, 15) is 0 Å². The molecule has 1 aromatic rings. The second-order valence-electron chi connectivity index (χ2n) is 3.63. The van der Waals surface area contributed by atoms with E-state index in [1.54, 1.807) is 12.4 Å². The summed E-state index contributed by atoms with van der Waals surface area (Å²) >= 11 is 0. The zero-order valence-electron chi connectivity index (χ0n) is 9.36. The third-order valence-electron chi connectivity index (χ3n) is 2.24. The lowest BCUT2D eigenvalue weighted by molar-refractivity contribution is 0.326. The van der Waals surface area contributed by atoms with Crippen LogP contribution >= 0.6 is 0 Å². The Morgan fingerprint density at radius 1 is 1.40 bits per heavy atom. The van der Waals surface area contributed by atoms with E-state index in [1.165, 1.54) is 0 Å². The maximum absolute atomic E-state index is 5.23. The maximum atomic E-state index is 5.23. The third-order valence-corrected chi connectivity index (χ3v) is 2.24. The summed E-state index contributed by atoms with van der Waals surface area (Å²) in [6, 6.07) is 0.432. The molecule has 15 heavy (non-hydrogen) atoms. The van der Waals surface area contributed by atoms with E-state index in [-0.39, 0.29) is 0 Å². The van der Waals surface area contributed by atoms with Crippen molar-refractivity contribution in [3.8, 4) is 0 Å². The Balaban J connectivity index is 2.50. The zero-order chi connectivity index (χ0) is 11.3. The summed E-state index contributed by atoms with van der Waals surface area (Å²) in [5.41, 5.74) is 2.45. The van der Waals surface area contributed by atoms with E-state index in [2.05, 4.69) is 32.5 Å². The zero-order valence-corrected chi connectivity index (χ0v) is 9.36. The van der Waals surface area contributed by atoms with Gasteiger partial charge in [-0.2, -0.15) is 0 Å². The van der Waals surface area contributed by atoms with Crippen LogP contribution in [0.1, 0.15) is 6.92 Å². The van der Waals surface area contributed by atoms with Crippen molar-refractivity contribution in [3.63, 3.8) is 0 Å². The first-order valence-corrected chi connectivity index (χ1v) is 4.82. The summed E-state index contributed by atoms with van der Waals surface area (Å²) in [6.07, 6.45) is 3.24. The predicted octanol–water partition coefficient (Wildman–Crippen LogP) is 0.124. The Kier molecular flexibility index (Phi) is 4.26. The molecule has 84 valence electrons. The number of hydrazine groups is 1. The van der Waals surface area contributed by atoms with Crippen molar-refractivity contribution in [2.24, 2.45) is 5.84 Å². The quantitative estimate of drug-likeness (QED) is 0.473. The second kappa shape index (κ2) is 5.47. The highest BCUT2D eigenvalue weighted by Gasteiger charge is 2.04. The SMILES string of the molecule is CC(CNc1cncc(NN)n1)N(C)C. The van der Waals surface area contributed by atoms with Crippen LogP contribution in [0.5, 0.6) is 0 Å². The summed E-state index contributed by atoms with van der Waals surface area (Å²) in [5.74, 6) is 6.51. The lowest BCUT2D eigenvalue weighted by Gasteiger charge is -2.20. The second-order valence-corrected chi connectivity index (χ2v) is 3.63. The van der Waals surface area contributed by atoms with Crippen molar-refractivity contribution in [2.75, 3.05) is 31.4 Å². The van der Waals surface area contributed by atoms with Gasteiger partial charge in [0.05, 0.1) is 12.4 Å². The van der Waals surface area contributed by atoms with Gasteiger partial charge in [0, 0.05) is 12.6 Å². The number of aromatic nitrogens is 2. The molecule has 6 heteroatoms. The molecule has 1 rings (SSSR count). The summed E-state index contributed by atoms with van der Waals surface area (Å²) in [5, 5.41) is 3.19. The van der Waals surface area contributed by atoms with Crippen molar-refractivity contribution < 1.29 is 0 Å². The highest BCUT2D eigenvalue weighted by Crippen LogP contribution is 2.05. The number of rotatable bonds is 5. The smallest absolute Gasteiger partial charge is 0.160 e. The van der Waals surface area contributed by atoms with Gasteiger partial charge in [0.25, 0.3) is 0 Å². The number of nitrogens with zero attached hydrogens (tertiary/aromatic N) is 3. The minimum atomic E-state index is 0.432. The Hall–Kier alpha value is -1.40. The summed E-state index contributed by atoms with van der Waals surface area (Å²) in [7, 11) is 4.08. The largest absolute Gasteiger partial charge is 0.367 e. The number of likely N-dealkylation sites (N-methyl/N-ethyl adjacent to an activating group) is 1. The minimum absolute atomic E-state index is 0.432. The van der Waals surface area contributed by atoms with Crippen LogP contribution in [-0.2, 0) is 0 Å². The van der Waals surface area contributed by atoms with Gasteiger partial charge in [0.2, 0.25) is 0 Å². The molecule has 0 aliphatic rings. The Bertz CT molecular complexity index is 300. The van der Waals surface area contributed by atoms with Gasteiger partial charge in [0.15, 0.2) is 5.82 Å². The Morgan fingerprint density at radius 2 is 2.07 bits per heavy atom. The van der Waals surface area contributed by atoms with Gasteiger partial charge in [-0.3, -0.25) is 4.98 Å². The van der Waals surface area contributed by atoms with Crippen LogP contribution in [0.2, 0.25) is 0 Å². The summed E-state index contributed by atoms with van der Waals surface area (Å²) in [4.78, 5) is 10.3. The maximum Gasteiger partial charge on any atom is 0.160 e. The molecule has 1 atom stereocenters. The van der Waals surface area contributed by atoms with E-state index in [4.69, 9.17) is 5.84 Å². The average Bonchev–Trinajstić information content (AvgIpc) is 2.26. The number of hydrogen-bond donors (Lipinski definition) is 3. The molecule has 0 radical (unpaired) electrons. The molecule has 0 spiro atoms. The molecule has 0 saturated heterocycles. The van der Waals surface area contributed by atoms with Crippen molar-refractivity contribution in [3.05, 3.63) is 12.4 Å². The molecule has 1 heterocycles. The van der Waals surface area contributed by atoms with Gasteiger partial charge in [-0.25, -0.2) is 10.8 Å². The predicted molar refractivity (Wildman–Crippen MR) is 61.5 cm³/mol. The van der Waals surface area contributed by atoms with Gasteiger partial charge in [-0.1, -0.05) is 0 Å². The molecular weight excluding hydrogens is 192 g/mol. The molecule has 6 nitrogen and oxygen atoms in total. The molecule has 0 aliphatic heterocycles. The van der Waals surface area contributed by atoms with Crippen molar-refractivity contribution in [1.29, 1.82) is 0 Å². The number of nitrogens with two attached hydrogens (primary N) is 1. The van der Waals surface area contributed by atoms with Crippen LogP contribution in [0, 0.1) is 0 Å². The third kappa shape index (κ3) is 3.69. The van der Waals surface area contributed by atoms with Crippen molar-refractivity contribution in [1.82, 2.24) is 14.9 Å². The topological polar surface area (TPSA) is 79.1 Å². The van der Waals surface area contributed by atoms with Crippen molar-refractivity contribution >= 4 is 11.6 Å². The summed E-state index contributed by atoms with van der Waals surface area (Å²) in [6.45, 7) is 2.95. The van der Waals surface area contributed by atoms with E-state index < -0.39 is 0 Å². The molecular formula is C9H18N6. The molecule has 0 aromatic carbocycles. The van der Waals surface area contributed by atoms with Crippen LogP contribution in [-0.4, -0.2) is 41.5 Å². The van der Waals surface area contributed by atoms with Gasteiger partial charge in [-0.05, 0) is 21.0 Å². The fraction of sp³-hybridized carbons (Fsp3) is 0.556. The molecule has 0 amide bonds. The summed E-state index contributed by atoms with van der Waals surface area (Å²) < 4.78 is 0. The number of hydrogen-bond acceptors (Lipinski definition) is 6. The molecule has 0 aliphatic carbocycles. The van der Waals surface area contributed by atoms with Gasteiger partial charge >= 0.3 is 0 Å². The highest BCUT2D eigenvalue weighted by molar-refractivity contribution is 5.40. The van der Waals surface area contributed by atoms with Gasteiger partial charge in [-0.15, -0.1) is 0 Å². The minimum Gasteiger partial charge on any atom is -0.367 e. The lowest BCUT2D eigenvalue weighted by atomic mass is 10.3. The van der Waals surface area contributed by atoms with E-state index in [0.717, 1.165) is 12.4 Å².